The Morgan fingerprint density at radius 1 is 1.36 bits per heavy atom. The van der Waals surface area contributed by atoms with E-state index in [1.807, 2.05) is 19.1 Å². The van der Waals surface area contributed by atoms with Gasteiger partial charge in [0, 0.05) is 44.4 Å². The molecule has 2 aromatic rings. The third kappa shape index (κ3) is 3.80. The Morgan fingerprint density at radius 3 is 3.04 bits per heavy atom. The smallest absolute Gasteiger partial charge is 0.316 e. The molecule has 2 saturated heterocycles. The number of aromatic nitrogens is 2. The highest BCUT2D eigenvalue weighted by atomic mass is 19.1. The lowest BCUT2D eigenvalue weighted by molar-refractivity contribution is -0.188. The first-order valence-corrected chi connectivity index (χ1v) is 8.67. The van der Waals surface area contributed by atoms with Gasteiger partial charge in [0.05, 0.1) is 12.2 Å². The average molecular weight is 343 g/mol. The van der Waals surface area contributed by atoms with Crippen LogP contribution in [-0.4, -0.2) is 46.3 Å². The van der Waals surface area contributed by atoms with Crippen molar-refractivity contribution in [1.82, 2.24) is 14.9 Å². The molecule has 1 aromatic heterocycles. The lowest BCUT2D eigenvalue weighted by Crippen LogP contribution is -2.65. The first-order chi connectivity index (χ1) is 12.1. The molecule has 132 valence electrons. The summed E-state index contributed by atoms with van der Waals surface area (Å²) >= 11 is 0. The molecule has 0 unspecified atom stereocenters. The van der Waals surface area contributed by atoms with E-state index in [0.717, 1.165) is 43.7 Å². The van der Waals surface area contributed by atoms with Crippen LogP contribution in [0.3, 0.4) is 0 Å². The van der Waals surface area contributed by atoms with E-state index < -0.39 is 0 Å². The van der Waals surface area contributed by atoms with Gasteiger partial charge in [-0.05, 0) is 30.7 Å². The molecule has 0 aliphatic carbocycles. The van der Waals surface area contributed by atoms with Crippen molar-refractivity contribution in [1.29, 1.82) is 0 Å². The highest BCUT2D eigenvalue weighted by Gasteiger charge is 2.48. The third-order valence-corrected chi connectivity index (χ3v) is 4.81. The fourth-order valence-electron chi connectivity index (χ4n) is 3.71. The van der Waals surface area contributed by atoms with Crippen LogP contribution >= 0.6 is 0 Å². The molecule has 6 heteroatoms. The molecule has 0 amide bonds. The maximum absolute atomic E-state index is 13.3. The second-order valence-corrected chi connectivity index (χ2v) is 7.02. The molecule has 1 aromatic carbocycles. The topological polar surface area (TPSA) is 47.5 Å². The summed E-state index contributed by atoms with van der Waals surface area (Å²) < 4.78 is 25.3. The van der Waals surface area contributed by atoms with E-state index in [0.29, 0.717) is 12.6 Å². The summed E-state index contributed by atoms with van der Waals surface area (Å²) in [7, 11) is 0. The van der Waals surface area contributed by atoms with Gasteiger partial charge in [0.1, 0.15) is 11.9 Å². The summed E-state index contributed by atoms with van der Waals surface area (Å²) in [5.74, 6) is -0.187. The molecule has 1 atom stereocenters. The van der Waals surface area contributed by atoms with Crippen LogP contribution in [0.2, 0.25) is 0 Å². The number of nitrogens with zero attached hydrogens (tertiary/aromatic N) is 3. The minimum Gasteiger partial charge on any atom is -0.460 e. The molecule has 3 heterocycles. The SMILES string of the molecule is Cc1ccnc(O[C@H]2CCOC3(C2)CN(Cc2cccc(F)c2)C3)n1. The molecule has 5 nitrogen and oxygen atoms in total. The van der Waals surface area contributed by atoms with Gasteiger partial charge in [0.25, 0.3) is 0 Å². The first-order valence-electron chi connectivity index (χ1n) is 8.67. The normalized spacial score (nSPS) is 22.6. The van der Waals surface area contributed by atoms with E-state index in [1.165, 1.54) is 6.07 Å². The van der Waals surface area contributed by atoms with Crippen LogP contribution in [0.4, 0.5) is 4.39 Å². The minimum atomic E-state index is -0.187. The predicted molar refractivity (Wildman–Crippen MR) is 90.8 cm³/mol. The van der Waals surface area contributed by atoms with E-state index in [1.54, 1.807) is 18.3 Å². The van der Waals surface area contributed by atoms with Gasteiger partial charge in [-0.25, -0.2) is 14.4 Å². The van der Waals surface area contributed by atoms with Crippen molar-refractivity contribution >= 4 is 0 Å². The zero-order chi connectivity index (χ0) is 17.3. The Bertz CT molecular complexity index is 749. The summed E-state index contributed by atoms with van der Waals surface area (Å²) in [5, 5.41) is 0. The zero-order valence-corrected chi connectivity index (χ0v) is 14.3. The van der Waals surface area contributed by atoms with Crippen LogP contribution in [-0.2, 0) is 11.3 Å². The molecule has 2 aliphatic heterocycles. The Labute approximate surface area is 146 Å². The van der Waals surface area contributed by atoms with Crippen molar-refractivity contribution < 1.29 is 13.9 Å². The van der Waals surface area contributed by atoms with Crippen LogP contribution in [0.1, 0.15) is 24.1 Å². The standard InChI is InChI=1S/C19H22FN3O2/c1-14-5-7-21-18(22-14)25-17-6-8-24-19(10-17)12-23(13-19)11-15-3-2-4-16(20)9-15/h2-5,7,9,17H,6,8,10-13H2,1H3/t17-/m0/s1. The average Bonchev–Trinajstić information content (AvgIpc) is 2.54. The van der Waals surface area contributed by atoms with Crippen LogP contribution < -0.4 is 4.74 Å². The van der Waals surface area contributed by atoms with Crippen LogP contribution in [0.15, 0.2) is 36.5 Å². The molecular formula is C19H22FN3O2. The molecule has 0 saturated carbocycles. The maximum atomic E-state index is 13.3. The Morgan fingerprint density at radius 2 is 2.24 bits per heavy atom. The Hall–Kier alpha value is -2.05. The lowest BCUT2D eigenvalue weighted by Gasteiger charge is -2.53. The summed E-state index contributed by atoms with van der Waals surface area (Å²) in [6.07, 6.45) is 3.48. The quantitative estimate of drug-likeness (QED) is 0.854. The fraction of sp³-hybridized carbons (Fsp3) is 0.474. The number of aryl methyl sites for hydroxylation is 1. The number of hydrogen-bond donors (Lipinski definition) is 0. The second-order valence-electron chi connectivity index (χ2n) is 7.02. The van der Waals surface area contributed by atoms with E-state index in [9.17, 15) is 4.39 Å². The highest BCUT2D eigenvalue weighted by molar-refractivity contribution is 5.17. The Kier molecular flexibility index (Phi) is 4.39. The predicted octanol–water partition coefficient (Wildman–Crippen LogP) is 2.74. The van der Waals surface area contributed by atoms with E-state index in [-0.39, 0.29) is 17.5 Å². The molecule has 25 heavy (non-hydrogen) atoms. The first kappa shape index (κ1) is 16.4. The fourth-order valence-corrected chi connectivity index (χ4v) is 3.71. The molecule has 2 fully saturated rings. The van der Waals surface area contributed by atoms with Crippen LogP contribution in [0.25, 0.3) is 0 Å². The van der Waals surface area contributed by atoms with Crippen molar-refractivity contribution in [3.63, 3.8) is 0 Å². The highest BCUT2D eigenvalue weighted by Crippen LogP contribution is 2.36. The summed E-state index contributed by atoms with van der Waals surface area (Å²) in [6, 6.07) is 9.07. The zero-order valence-electron chi connectivity index (χ0n) is 14.3. The molecule has 1 spiro atoms. The summed E-state index contributed by atoms with van der Waals surface area (Å²) in [5.41, 5.74) is 1.74. The van der Waals surface area contributed by atoms with E-state index >= 15 is 0 Å². The number of ether oxygens (including phenoxy) is 2. The van der Waals surface area contributed by atoms with Gasteiger partial charge in [-0.2, -0.15) is 0 Å². The van der Waals surface area contributed by atoms with Gasteiger partial charge >= 0.3 is 6.01 Å². The molecule has 0 N–H and O–H groups in total. The van der Waals surface area contributed by atoms with Crippen molar-refractivity contribution in [2.24, 2.45) is 0 Å². The van der Waals surface area contributed by atoms with Crippen molar-refractivity contribution in [3.8, 4) is 6.01 Å². The van der Waals surface area contributed by atoms with Gasteiger partial charge in [-0.15, -0.1) is 0 Å². The number of halogens is 1. The van der Waals surface area contributed by atoms with Gasteiger partial charge in [-0.1, -0.05) is 12.1 Å². The maximum Gasteiger partial charge on any atom is 0.316 e. The van der Waals surface area contributed by atoms with Gasteiger partial charge in [-0.3, -0.25) is 4.90 Å². The monoisotopic (exact) mass is 343 g/mol. The minimum absolute atomic E-state index is 0.0758. The number of rotatable bonds is 4. The summed E-state index contributed by atoms with van der Waals surface area (Å²) in [6.45, 7) is 5.05. The molecule has 2 aliphatic rings. The van der Waals surface area contributed by atoms with Crippen LogP contribution in [0.5, 0.6) is 6.01 Å². The van der Waals surface area contributed by atoms with Gasteiger partial charge in [0.15, 0.2) is 0 Å². The van der Waals surface area contributed by atoms with Crippen LogP contribution in [0, 0.1) is 12.7 Å². The van der Waals surface area contributed by atoms with E-state index in [2.05, 4.69) is 14.9 Å². The largest absolute Gasteiger partial charge is 0.460 e. The second kappa shape index (κ2) is 6.69. The number of benzene rings is 1. The van der Waals surface area contributed by atoms with Gasteiger partial charge in [0.2, 0.25) is 0 Å². The summed E-state index contributed by atoms with van der Waals surface area (Å²) in [4.78, 5) is 10.8. The molecule has 4 rings (SSSR count). The molecule has 0 radical (unpaired) electrons. The molecule has 0 bridgehead atoms. The number of likely N-dealkylation sites (tertiary alicyclic amines) is 1. The number of hydrogen-bond acceptors (Lipinski definition) is 5. The van der Waals surface area contributed by atoms with Crippen molar-refractivity contribution in [2.45, 2.75) is 38.0 Å². The van der Waals surface area contributed by atoms with Gasteiger partial charge < -0.3 is 9.47 Å². The van der Waals surface area contributed by atoms with Crippen molar-refractivity contribution in [3.05, 3.63) is 53.6 Å². The van der Waals surface area contributed by atoms with Crippen molar-refractivity contribution in [2.75, 3.05) is 19.7 Å². The van der Waals surface area contributed by atoms with E-state index in [4.69, 9.17) is 9.47 Å². The third-order valence-electron chi connectivity index (χ3n) is 4.81. The molecular weight excluding hydrogens is 321 g/mol. The Balaban J connectivity index is 1.33. The lowest BCUT2D eigenvalue weighted by atomic mass is 9.84.